The van der Waals surface area contributed by atoms with Crippen molar-refractivity contribution in [2.45, 2.75) is 6.04 Å². The number of aliphatic carboxylic acids is 1. The quantitative estimate of drug-likeness (QED) is 0.697. The molecule has 2 aliphatic rings. The number of aromatic amines is 1. The first-order valence-corrected chi connectivity index (χ1v) is 10.6. The summed E-state index contributed by atoms with van der Waals surface area (Å²) in [6.45, 7) is 5.43. The number of carboxylic acid groups (broad SMARTS) is 1. The molecule has 0 radical (unpaired) electrons. The standard InChI is InChI=1S/C20H25BrN4O4/c21-14-1-2-17-15(11-14)16(12-22-17)19(20(27)28)25-5-3-23(4-6-25)13-18(26)24-7-9-29-10-8-24/h1-2,11-12,19,22H,3-10,13H2,(H,27,28). The van der Waals surface area contributed by atoms with Crippen molar-refractivity contribution >= 4 is 38.7 Å². The van der Waals surface area contributed by atoms with Crippen LogP contribution >= 0.6 is 15.9 Å². The maximum absolute atomic E-state index is 12.5. The van der Waals surface area contributed by atoms with Gasteiger partial charge in [-0.1, -0.05) is 15.9 Å². The van der Waals surface area contributed by atoms with Crippen molar-refractivity contribution < 1.29 is 19.4 Å². The van der Waals surface area contributed by atoms with Crippen LogP contribution in [0.5, 0.6) is 0 Å². The number of hydrogen-bond donors (Lipinski definition) is 2. The molecular formula is C20H25BrN4O4. The highest BCUT2D eigenvalue weighted by Gasteiger charge is 2.33. The fraction of sp³-hybridized carbons (Fsp3) is 0.500. The Morgan fingerprint density at radius 1 is 1.14 bits per heavy atom. The van der Waals surface area contributed by atoms with Crippen LogP contribution in [0.1, 0.15) is 11.6 Å². The van der Waals surface area contributed by atoms with E-state index in [-0.39, 0.29) is 5.91 Å². The second-order valence-electron chi connectivity index (χ2n) is 7.48. The molecule has 29 heavy (non-hydrogen) atoms. The number of nitrogens with zero attached hydrogens (tertiary/aromatic N) is 3. The zero-order valence-corrected chi connectivity index (χ0v) is 17.7. The monoisotopic (exact) mass is 464 g/mol. The number of aromatic nitrogens is 1. The van der Waals surface area contributed by atoms with Crippen molar-refractivity contribution in [1.82, 2.24) is 19.7 Å². The zero-order valence-electron chi connectivity index (χ0n) is 16.1. The van der Waals surface area contributed by atoms with Gasteiger partial charge in [0.2, 0.25) is 5.91 Å². The van der Waals surface area contributed by atoms with Crippen molar-refractivity contribution in [2.75, 3.05) is 59.0 Å². The van der Waals surface area contributed by atoms with Gasteiger partial charge in [-0.2, -0.15) is 0 Å². The number of hydrogen-bond acceptors (Lipinski definition) is 5. The Labute approximate surface area is 177 Å². The number of morpholine rings is 1. The number of H-pyrrole nitrogens is 1. The van der Waals surface area contributed by atoms with Gasteiger partial charge in [0.1, 0.15) is 6.04 Å². The van der Waals surface area contributed by atoms with Gasteiger partial charge in [-0.15, -0.1) is 0 Å². The summed E-state index contributed by atoms with van der Waals surface area (Å²) in [6, 6.07) is 5.11. The molecule has 0 saturated carbocycles. The van der Waals surface area contributed by atoms with E-state index in [1.54, 1.807) is 6.20 Å². The van der Waals surface area contributed by atoms with Gasteiger partial charge in [-0.3, -0.25) is 19.4 Å². The molecule has 8 nitrogen and oxygen atoms in total. The normalized spacial score (nSPS) is 20.1. The lowest BCUT2D eigenvalue weighted by Crippen LogP contribution is -2.52. The number of piperazine rings is 1. The molecule has 9 heteroatoms. The van der Waals surface area contributed by atoms with E-state index in [0.717, 1.165) is 20.9 Å². The Morgan fingerprint density at radius 2 is 1.86 bits per heavy atom. The number of carbonyl (C=O) groups is 2. The molecule has 4 rings (SSSR count). The van der Waals surface area contributed by atoms with Crippen LogP contribution in [0.3, 0.4) is 0 Å². The Kier molecular flexibility index (Phi) is 6.19. The van der Waals surface area contributed by atoms with Gasteiger partial charge in [-0.25, -0.2) is 0 Å². The van der Waals surface area contributed by atoms with Gasteiger partial charge in [0, 0.05) is 66.4 Å². The van der Waals surface area contributed by atoms with Crippen molar-refractivity contribution in [2.24, 2.45) is 0 Å². The lowest BCUT2D eigenvalue weighted by atomic mass is 10.0. The van der Waals surface area contributed by atoms with E-state index >= 15 is 0 Å². The lowest BCUT2D eigenvalue weighted by Gasteiger charge is -2.38. The molecule has 156 valence electrons. The fourth-order valence-corrected chi connectivity index (χ4v) is 4.47. The van der Waals surface area contributed by atoms with Gasteiger partial charge in [-0.05, 0) is 18.2 Å². The fourth-order valence-electron chi connectivity index (χ4n) is 4.11. The smallest absolute Gasteiger partial charge is 0.325 e. The van der Waals surface area contributed by atoms with Gasteiger partial charge in [0.25, 0.3) is 0 Å². The van der Waals surface area contributed by atoms with Crippen LogP contribution < -0.4 is 0 Å². The summed E-state index contributed by atoms with van der Waals surface area (Å²) in [4.78, 5) is 33.7. The molecule has 0 aliphatic carbocycles. The Morgan fingerprint density at radius 3 is 2.55 bits per heavy atom. The lowest BCUT2D eigenvalue weighted by molar-refractivity contribution is -0.145. The molecule has 1 unspecified atom stereocenters. The van der Waals surface area contributed by atoms with Crippen molar-refractivity contribution in [3.05, 3.63) is 34.4 Å². The predicted octanol–water partition coefficient (Wildman–Crippen LogP) is 1.53. The number of ether oxygens (including phenoxy) is 1. The predicted molar refractivity (Wildman–Crippen MR) is 112 cm³/mol. The van der Waals surface area contributed by atoms with Crippen LogP contribution in [-0.4, -0.2) is 95.7 Å². The van der Waals surface area contributed by atoms with Crippen LogP contribution in [-0.2, 0) is 14.3 Å². The van der Waals surface area contributed by atoms with Gasteiger partial charge < -0.3 is 19.7 Å². The van der Waals surface area contributed by atoms with Crippen molar-refractivity contribution in [3.8, 4) is 0 Å². The number of amides is 1. The number of carbonyl (C=O) groups excluding carboxylic acids is 1. The number of benzene rings is 1. The average Bonchev–Trinajstić information content (AvgIpc) is 3.12. The van der Waals surface area contributed by atoms with Crippen molar-refractivity contribution in [3.63, 3.8) is 0 Å². The minimum absolute atomic E-state index is 0.123. The molecule has 3 heterocycles. The molecule has 1 atom stereocenters. The second kappa shape index (κ2) is 8.83. The third-order valence-electron chi connectivity index (χ3n) is 5.70. The molecule has 1 amide bonds. The Balaban J connectivity index is 1.42. The number of carboxylic acids is 1. The van der Waals surface area contributed by atoms with E-state index in [1.807, 2.05) is 28.0 Å². The molecule has 2 aliphatic heterocycles. The molecular weight excluding hydrogens is 440 g/mol. The zero-order chi connectivity index (χ0) is 20.4. The third kappa shape index (κ3) is 4.48. The number of rotatable bonds is 5. The first-order chi connectivity index (χ1) is 14.0. The Bertz CT molecular complexity index is 888. The summed E-state index contributed by atoms with van der Waals surface area (Å²) in [5, 5.41) is 10.9. The van der Waals surface area contributed by atoms with E-state index in [0.29, 0.717) is 59.0 Å². The van der Waals surface area contributed by atoms with Crippen molar-refractivity contribution in [1.29, 1.82) is 0 Å². The first kappa shape index (κ1) is 20.3. The van der Waals surface area contributed by atoms with Crippen LogP contribution in [0.2, 0.25) is 0 Å². The number of fused-ring (bicyclic) bond motifs is 1. The maximum Gasteiger partial charge on any atom is 0.325 e. The highest BCUT2D eigenvalue weighted by Crippen LogP contribution is 2.31. The molecule has 2 saturated heterocycles. The van der Waals surface area contributed by atoms with E-state index in [1.165, 1.54) is 0 Å². The van der Waals surface area contributed by atoms with E-state index in [9.17, 15) is 14.7 Å². The minimum atomic E-state index is -0.858. The summed E-state index contributed by atoms with van der Waals surface area (Å²) < 4.78 is 6.22. The number of nitrogens with one attached hydrogen (secondary N) is 1. The van der Waals surface area contributed by atoms with Crippen LogP contribution in [0, 0.1) is 0 Å². The topological polar surface area (TPSA) is 89.1 Å². The molecule has 0 spiro atoms. The maximum atomic E-state index is 12.5. The summed E-state index contributed by atoms with van der Waals surface area (Å²) in [7, 11) is 0. The Hall–Kier alpha value is -1.94. The van der Waals surface area contributed by atoms with Gasteiger partial charge in [0.05, 0.1) is 19.8 Å². The summed E-state index contributed by atoms with van der Waals surface area (Å²) >= 11 is 3.47. The highest BCUT2D eigenvalue weighted by atomic mass is 79.9. The molecule has 2 fully saturated rings. The minimum Gasteiger partial charge on any atom is -0.480 e. The summed E-state index contributed by atoms with van der Waals surface area (Å²) in [5.41, 5.74) is 1.69. The highest BCUT2D eigenvalue weighted by molar-refractivity contribution is 9.10. The van der Waals surface area contributed by atoms with Crippen LogP contribution in [0.25, 0.3) is 10.9 Å². The van der Waals surface area contributed by atoms with Crippen LogP contribution in [0.4, 0.5) is 0 Å². The molecule has 2 aromatic rings. The molecule has 1 aromatic carbocycles. The average molecular weight is 465 g/mol. The van der Waals surface area contributed by atoms with Crippen LogP contribution in [0.15, 0.2) is 28.9 Å². The van der Waals surface area contributed by atoms with E-state index in [4.69, 9.17) is 4.74 Å². The number of halogens is 1. The molecule has 1 aromatic heterocycles. The van der Waals surface area contributed by atoms with Gasteiger partial charge >= 0.3 is 5.97 Å². The first-order valence-electron chi connectivity index (χ1n) is 9.84. The summed E-state index contributed by atoms with van der Waals surface area (Å²) in [6.07, 6.45) is 1.80. The second-order valence-corrected chi connectivity index (χ2v) is 8.40. The largest absolute Gasteiger partial charge is 0.480 e. The van der Waals surface area contributed by atoms with E-state index in [2.05, 4.69) is 25.8 Å². The van der Waals surface area contributed by atoms with Gasteiger partial charge in [0.15, 0.2) is 0 Å². The molecule has 2 N–H and O–H groups in total. The third-order valence-corrected chi connectivity index (χ3v) is 6.19. The van der Waals surface area contributed by atoms with E-state index < -0.39 is 12.0 Å². The molecule has 0 bridgehead atoms. The SMILES string of the molecule is O=C(O)C(c1c[nH]c2ccc(Br)cc12)N1CCN(CC(=O)N2CCOCC2)CC1. The summed E-state index contributed by atoms with van der Waals surface area (Å²) in [5.74, 6) is -0.735.